The van der Waals surface area contributed by atoms with Gasteiger partial charge in [-0.25, -0.2) is 8.42 Å². The highest BCUT2D eigenvalue weighted by Gasteiger charge is 2.36. The minimum absolute atomic E-state index is 0.149. The zero-order valence-electron chi connectivity index (χ0n) is 13.8. The quantitative estimate of drug-likeness (QED) is 0.752. The normalized spacial score (nSPS) is 20.3. The van der Waals surface area contributed by atoms with Crippen LogP contribution in [0.3, 0.4) is 0 Å². The predicted octanol–water partition coefficient (Wildman–Crippen LogP) is 4.29. The van der Waals surface area contributed by atoms with Crippen molar-refractivity contribution in [3.8, 4) is 11.5 Å². The van der Waals surface area contributed by atoms with E-state index in [9.17, 15) is 8.42 Å². The molecule has 1 saturated heterocycles. The third kappa shape index (κ3) is 3.16. The molecule has 138 valence electrons. The lowest BCUT2D eigenvalue weighted by atomic mass is 10.0. The van der Waals surface area contributed by atoms with E-state index in [1.807, 2.05) is 18.2 Å². The second-order valence-electron chi connectivity index (χ2n) is 6.25. The maximum Gasteiger partial charge on any atom is 0.243 e. The summed E-state index contributed by atoms with van der Waals surface area (Å²) in [7, 11) is -3.68. The summed E-state index contributed by atoms with van der Waals surface area (Å²) in [5.74, 6) is 1.35. The van der Waals surface area contributed by atoms with E-state index in [0.717, 1.165) is 18.4 Å². The largest absolute Gasteiger partial charge is 0.486 e. The van der Waals surface area contributed by atoms with E-state index in [0.29, 0.717) is 36.3 Å². The molecule has 0 spiro atoms. The van der Waals surface area contributed by atoms with E-state index in [-0.39, 0.29) is 16.0 Å². The van der Waals surface area contributed by atoms with Crippen molar-refractivity contribution in [3.63, 3.8) is 0 Å². The molecule has 1 atom stereocenters. The van der Waals surface area contributed by atoms with Crippen LogP contribution in [-0.4, -0.2) is 32.5 Å². The summed E-state index contributed by atoms with van der Waals surface area (Å²) in [6, 6.07) is 9.77. The molecule has 5 nitrogen and oxygen atoms in total. The predicted molar refractivity (Wildman–Crippen MR) is 99.8 cm³/mol. The van der Waals surface area contributed by atoms with Gasteiger partial charge in [0.15, 0.2) is 11.5 Å². The standard InChI is InChI=1S/C18H17Cl2NO4S/c19-14-5-4-13(11-15(14)20)26(22,23)21-7-1-2-16(21)12-3-6-17-18(10-12)25-9-8-24-17/h3-6,10-11,16H,1-2,7-9H2. The molecule has 0 N–H and O–H groups in total. The molecule has 1 fully saturated rings. The van der Waals surface area contributed by atoms with E-state index >= 15 is 0 Å². The summed E-state index contributed by atoms with van der Waals surface area (Å²) >= 11 is 11.9. The van der Waals surface area contributed by atoms with Crippen molar-refractivity contribution in [2.75, 3.05) is 19.8 Å². The highest BCUT2D eigenvalue weighted by molar-refractivity contribution is 7.89. The van der Waals surface area contributed by atoms with Crippen LogP contribution in [0.4, 0.5) is 0 Å². The Morgan fingerprint density at radius 3 is 2.50 bits per heavy atom. The molecule has 2 aliphatic heterocycles. The number of hydrogen-bond donors (Lipinski definition) is 0. The highest BCUT2D eigenvalue weighted by atomic mass is 35.5. The molecule has 2 aromatic rings. The number of benzene rings is 2. The maximum atomic E-state index is 13.1. The van der Waals surface area contributed by atoms with E-state index in [1.54, 1.807) is 0 Å². The van der Waals surface area contributed by atoms with Crippen LogP contribution >= 0.6 is 23.2 Å². The first-order chi connectivity index (χ1) is 12.5. The summed E-state index contributed by atoms with van der Waals surface area (Å²) < 4.78 is 39.0. The average Bonchev–Trinajstić information content (AvgIpc) is 3.14. The molecule has 0 saturated carbocycles. The molecular formula is C18H17Cl2NO4S. The monoisotopic (exact) mass is 413 g/mol. The van der Waals surface area contributed by atoms with Crippen LogP contribution in [0, 0.1) is 0 Å². The van der Waals surface area contributed by atoms with Crippen LogP contribution in [0.5, 0.6) is 11.5 Å². The van der Waals surface area contributed by atoms with Crippen molar-refractivity contribution in [1.29, 1.82) is 0 Å². The van der Waals surface area contributed by atoms with Gasteiger partial charge in [0.25, 0.3) is 0 Å². The molecule has 0 radical (unpaired) electrons. The lowest BCUT2D eigenvalue weighted by molar-refractivity contribution is 0.171. The van der Waals surface area contributed by atoms with Gasteiger partial charge in [0, 0.05) is 6.54 Å². The van der Waals surface area contributed by atoms with Gasteiger partial charge in [-0.05, 0) is 48.7 Å². The number of fused-ring (bicyclic) bond motifs is 1. The molecular weight excluding hydrogens is 397 g/mol. The van der Waals surface area contributed by atoms with Gasteiger partial charge >= 0.3 is 0 Å². The lowest BCUT2D eigenvalue weighted by Gasteiger charge is -2.26. The number of halogens is 2. The molecule has 2 aromatic carbocycles. The van der Waals surface area contributed by atoms with Crippen molar-refractivity contribution < 1.29 is 17.9 Å². The van der Waals surface area contributed by atoms with Gasteiger partial charge < -0.3 is 9.47 Å². The summed E-state index contributed by atoms with van der Waals surface area (Å²) in [5, 5.41) is 0.554. The second-order valence-corrected chi connectivity index (χ2v) is 8.96. The average molecular weight is 414 g/mol. The molecule has 4 rings (SSSR count). The first-order valence-corrected chi connectivity index (χ1v) is 10.5. The first kappa shape index (κ1) is 17.9. The SMILES string of the molecule is O=S(=O)(c1ccc(Cl)c(Cl)c1)N1CCCC1c1ccc2c(c1)OCCO2. The topological polar surface area (TPSA) is 55.8 Å². The van der Waals surface area contributed by atoms with Gasteiger partial charge in [-0.3, -0.25) is 0 Å². The van der Waals surface area contributed by atoms with Crippen LogP contribution < -0.4 is 9.47 Å². The summed E-state index contributed by atoms with van der Waals surface area (Å²) in [4.78, 5) is 0.149. The minimum atomic E-state index is -3.68. The number of nitrogens with zero attached hydrogens (tertiary/aromatic N) is 1. The number of ether oxygens (including phenoxy) is 2. The molecule has 26 heavy (non-hydrogen) atoms. The Balaban J connectivity index is 1.69. The van der Waals surface area contributed by atoms with Crippen LogP contribution in [0.25, 0.3) is 0 Å². The molecule has 8 heteroatoms. The molecule has 0 aromatic heterocycles. The molecule has 1 unspecified atom stereocenters. The molecule has 0 aliphatic carbocycles. The third-order valence-electron chi connectivity index (χ3n) is 4.65. The van der Waals surface area contributed by atoms with Gasteiger partial charge in [0.2, 0.25) is 10.0 Å². The van der Waals surface area contributed by atoms with Crippen molar-refractivity contribution >= 4 is 33.2 Å². The van der Waals surface area contributed by atoms with Gasteiger partial charge in [-0.2, -0.15) is 4.31 Å². The smallest absolute Gasteiger partial charge is 0.243 e. The number of hydrogen-bond acceptors (Lipinski definition) is 4. The first-order valence-electron chi connectivity index (χ1n) is 8.33. The summed E-state index contributed by atoms with van der Waals surface area (Å²) in [6.07, 6.45) is 1.54. The van der Waals surface area contributed by atoms with E-state index in [2.05, 4.69) is 0 Å². The van der Waals surface area contributed by atoms with Crippen LogP contribution in [0.15, 0.2) is 41.3 Å². The van der Waals surface area contributed by atoms with Crippen molar-refractivity contribution in [1.82, 2.24) is 4.31 Å². The zero-order chi connectivity index (χ0) is 18.3. The highest BCUT2D eigenvalue weighted by Crippen LogP contribution is 2.41. The number of rotatable bonds is 3. The Labute approximate surface area is 162 Å². The van der Waals surface area contributed by atoms with Crippen LogP contribution in [0.2, 0.25) is 10.0 Å². The van der Waals surface area contributed by atoms with E-state index in [1.165, 1.54) is 22.5 Å². The van der Waals surface area contributed by atoms with Crippen LogP contribution in [0.1, 0.15) is 24.4 Å². The van der Waals surface area contributed by atoms with Gasteiger partial charge in [-0.1, -0.05) is 29.3 Å². The molecule has 2 heterocycles. The Kier molecular flexibility index (Phi) is 4.77. The van der Waals surface area contributed by atoms with Crippen molar-refractivity contribution in [3.05, 3.63) is 52.0 Å². The fraction of sp³-hybridized carbons (Fsp3) is 0.333. The second kappa shape index (κ2) is 6.93. The summed E-state index contributed by atoms with van der Waals surface area (Å²) in [6.45, 7) is 1.47. The molecule has 0 bridgehead atoms. The van der Waals surface area contributed by atoms with E-state index < -0.39 is 10.0 Å². The Morgan fingerprint density at radius 1 is 0.962 bits per heavy atom. The molecule has 0 amide bonds. The van der Waals surface area contributed by atoms with Crippen molar-refractivity contribution in [2.24, 2.45) is 0 Å². The fourth-order valence-corrected chi connectivity index (χ4v) is 5.47. The Morgan fingerprint density at radius 2 is 1.73 bits per heavy atom. The minimum Gasteiger partial charge on any atom is -0.486 e. The van der Waals surface area contributed by atoms with Gasteiger partial charge in [0.1, 0.15) is 13.2 Å². The Hall–Kier alpha value is -1.47. The van der Waals surface area contributed by atoms with Gasteiger partial charge in [0.05, 0.1) is 21.0 Å². The van der Waals surface area contributed by atoms with Crippen LogP contribution in [-0.2, 0) is 10.0 Å². The van der Waals surface area contributed by atoms with E-state index in [4.69, 9.17) is 32.7 Å². The fourth-order valence-electron chi connectivity index (χ4n) is 3.40. The summed E-state index contributed by atoms with van der Waals surface area (Å²) in [5.41, 5.74) is 0.899. The maximum absolute atomic E-state index is 13.1. The third-order valence-corrected chi connectivity index (χ3v) is 7.30. The zero-order valence-corrected chi connectivity index (χ0v) is 16.1. The van der Waals surface area contributed by atoms with Crippen molar-refractivity contribution in [2.45, 2.75) is 23.8 Å². The Bertz CT molecular complexity index is 948. The number of sulfonamides is 1. The lowest BCUT2D eigenvalue weighted by Crippen LogP contribution is -2.30. The molecule has 2 aliphatic rings. The van der Waals surface area contributed by atoms with Gasteiger partial charge in [-0.15, -0.1) is 0 Å².